The Labute approximate surface area is 441 Å². The third kappa shape index (κ3) is 12.6. The molecule has 0 saturated carbocycles. The third-order valence-corrected chi connectivity index (χ3v) is 16.3. The summed E-state index contributed by atoms with van der Waals surface area (Å²) in [6.45, 7) is 12.4. The second-order valence-corrected chi connectivity index (χ2v) is 24.3. The van der Waals surface area contributed by atoms with Gasteiger partial charge in [-0.3, -0.25) is 38.9 Å². The van der Waals surface area contributed by atoms with Crippen molar-refractivity contribution in [2.24, 2.45) is 17.3 Å². The number of carbonyl (C=O) groups is 5. The molecule has 0 radical (unpaired) electrons. The lowest BCUT2D eigenvalue weighted by Crippen LogP contribution is -2.67. The first-order valence-corrected chi connectivity index (χ1v) is 26.8. The first kappa shape index (κ1) is 56.6. The highest BCUT2D eigenvalue weighted by Gasteiger charge is 2.44. The van der Waals surface area contributed by atoms with E-state index in [9.17, 15) is 37.1 Å². The number of nitrogens with zero attached hydrogens (tertiary/aromatic N) is 6. The summed E-state index contributed by atoms with van der Waals surface area (Å²) in [5, 5.41) is 3.77. The molecule has 5 atom stereocenters. The third-order valence-electron chi connectivity index (χ3n) is 15.1. The van der Waals surface area contributed by atoms with Crippen molar-refractivity contribution in [2.45, 2.75) is 122 Å². The number of likely N-dealkylation sites (N-methyl/N-ethyl adjacent to an activating group) is 1. The Balaban J connectivity index is 1.28. The van der Waals surface area contributed by atoms with E-state index < -0.39 is 76.6 Å². The molecule has 0 aliphatic carbocycles. The molecule has 4 amide bonds. The number of hydrogen-bond acceptors (Lipinski definition) is 10. The lowest BCUT2D eigenvalue weighted by Gasteiger charge is -2.42. The Kier molecular flexibility index (Phi) is 16.8. The van der Waals surface area contributed by atoms with Crippen LogP contribution in [0.3, 0.4) is 0 Å². The van der Waals surface area contributed by atoms with Gasteiger partial charge in [-0.25, -0.2) is 5.43 Å². The van der Waals surface area contributed by atoms with Crippen molar-refractivity contribution >= 4 is 50.7 Å². The first-order valence-electron chi connectivity index (χ1n) is 25.8. The fourth-order valence-electron chi connectivity index (χ4n) is 10.4. The van der Waals surface area contributed by atoms with E-state index in [0.717, 1.165) is 5.56 Å². The van der Waals surface area contributed by atoms with Gasteiger partial charge in [0.2, 0.25) is 11.8 Å². The summed E-state index contributed by atoms with van der Waals surface area (Å²) in [6, 6.07) is 14.1. The number of alkyl halides is 3. The Morgan fingerprint density at radius 2 is 1.75 bits per heavy atom. The van der Waals surface area contributed by atoms with E-state index in [1.807, 2.05) is 90.9 Å². The number of methoxy groups -OCH3 is 1. The molecule has 2 aromatic heterocycles. The number of amides is 4. The molecule has 0 spiro atoms. The van der Waals surface area contributed by atoms with Crippen molar-refractivity contribution in [1.82, 2.24) is 40.0 Å². The van der Waals surface area contributed by atoms with Gasteiger partial charge in [0, 0.05) is 78.5 Å². The number of hydrogen-bond donors (Lipinski definition) is 2. The van der Waals surface area contributed by atoms with Crippen LogP contribution < -0.4 is 10.7 Å². The van der Waals surface area contributed by atoms with Crippen molar-refractivity contribution in [3.63, 3.8) is 0 Å². The molecule has 2 aromatic carbocycles. The molecule has 7 rings (SSSR count). The van der Waals surface area contributed by atoms with Crippen LogP contribution in [0.4, 0.5) is 13.2 Å². The summed E-state index contributed by atoms with van der Waals surface area (Å²) in [5.74, 6) is 2.53. The highest BCUT2D eigenvalue weighted by Crippen LogP contribution is 2.43. The number of hydrazine groups is 1. The normalized spacial score (nSPS) is 21.3. The number of likely N-dealkylation sites (tertiary alicyclic amines) is 1. The standard InChI is InChI=1S/C56H73F3N8O7Si/c1-34(2)47(64(10)50(70)39-21-26-65(31-39)45(68)20-23-54(6,7)63(8)9)49(69)61-43-28-36-15-12-16-37(27-36)38-18-19-44-41(29-38)42(30-53(4,5)33-74-52(72)55(75)22-14-25-67(62-55)51(43)71)48(66(44)32-56(57,58)59)40-17-13-24-60-46(40)35(3)73-11/h12-13,15-19,24,27,29,34-35,39,43,47,62H,14,21-22,25-26,28,30-33H2,1-11,75H3,(H,61,69)/t35-,39-,43-,47-,55-/m0/s1. The number of ether oxygens (including phenoxy) is 2. The molecule has 5 heterocycles. The molecule has 3 aliphatic heterocycles. The summed E-state index contributed by atoms with van der Waals surface area (Å²) in [5.41, 5.74) is 6.24. The van der Waals surface area contributed by atoms with Crippen molar-refractivity contribution in [3.05, 3.63) is 77.6 Å². The van der Waals surface area contributed by atoms with Crippen LogP contribution in [0.15, 0.2) is 60.8 Å². The van der Waals surface area contributed by atoms with Crippen LogP contribution in [0, 0.1) is 29.1 Å². The topological polar surface area (TPSA) is 159 Å². The van der Waals surface area contributed by atoms with Gasteiger partial charge < -0.3 is 29.2 Å². The number of pyridine rings is 1. The van der Waals surface area contributed by atoms with Crippen LogP contribution in [0.2, 0.25) is 0 Å². The van der Waals surface area contributed by atoms with Crippen LogP contribution >= 0.6 is 0 Å². The van der Waals surface area contributed by atoms with Gasteiger partial charge in [-0.1, -0.05) is 63.9 Å². The molecule has 2 saturated heterocycles. The number of cyclic esters (lactones) is 1. The van der Waals surface area contributed by atoms with E-state index >= 15 is 0 Å². The van der Waals surface area contributed by atoms with Crippen LogP contribution in [0.25, 0.3) is 33.3 Å². The largest absolute Gasteiger partial charge is 0.464 e. The molecule has 3 aliphatic rings. The van der Waals surface area contributed by atoms with Gasteiger partial charge in [0.25, 0.3) is 11.8 Å². The van der Waals surface area contributed by atoms with Crippen molar-refractivity contribution in [3.8, 4) is 34.2 Å². The van der Waals surface area contributed by atoms with Crippen LogP contribution in [0.1, 0.15) is 90.7 Å². The fourth-order valence-corrected chi connectivity index (χ4v) is 11.2. The number of esters is 1. The molecular weight excluding hydrogens is 982 g/mol. The number of rotatable bonds is 10. The average Bonchev–Trinajstić information content (AvgIpc) is 3.96. The minimum Gasteiger partial charge on any atom is -0.464 e. The summed E-state index contributed by atoms with van der Waals surface area (Å²) in [4.78, 5) is 80.9. The monoisotopic (exact) mass is 1050 g/mol. The van der Waals surface area contributed by atoms with Crippen LogP contribution in [-0.2, 0) is 52.8 Å². The van der Waals surface area contributed by atoms with Crippen LogP contribution in [0.5, 0.6) is 0 Å². The van der Waals surface area contributed by atoms with E-state index in [1.165, 1.54) is 21.6 Å². The first-order chi connectivity index (χ1) is 35.1. The van der Waals surface area contributed by atoms with Gasteiger partial charge in [-0.05, 0) is 119 Å². The lowest BCUT2D eigenvalue weighted by molar-refractivity contribution is -0.158. The van der Waals surface area contributed by atoms with E-state index in [2.05, 4.69) is 27.6 Å². The van der Waals surface area contributed by atoms with Gasteiger partial charge in [0.05, 0.1) is 35.6 Å². The van der Waals surface area contributed by atoms with E-state index in [4.69, 9.17) is 9.47 Å². The maximum atomic E-state index is 15.0. The lowest BCUT2D eigenvalue weighted by atomic mass is 9.84. The minimum absolute atomic E-state index is 0.0122. The Morgan fingerprint density at radius 3 is 2.43 bits per heavy atom. The molecule has 15 nitrogen and oxygen atoms in total. The molecule has 2 N–H and O–H groups in total. The molecule has 6 bridgehead atoms. The van der Waals surface area contributed by atoms with Gasteiger partial charge in [0.1, 0.15) is 23.8 Å². The molecule has 19 heteroatoms. The molecule has 4 aromatic rings. The SMILES string of the molecule is CO[C@@H](C)c1ncccc1-c1c2c3cc(ccc3n1CC(F)(F)F)-c1cccc(c1)C[C@H](NC(=O)[C@H](C(C)C)N(C)C(=O)[C@H]1CCN(C(=O)C#CC(C)(C)N(C)C)C1)C(=O)N1CCC[C@@]([SiH3])(N1)C(=O)OCC(C)(C)C2. The molecule has 0 unspecified atom stereocenters. The minimum atomic E-state index is -4.60. The summed E-state index contributed by atoms with van der Waals surface area (Å²) in [7, 11) is 7.08. The maximum Gasteiger partial charge on any atom is 0.406 e. The Morgan fingerprint density at radius 1 is 1.03 bits per heavy atom. The predicted octanol–water partition coefficient (Wildman–Crippen LogP) is 5.66. The van der Waals surface area contributed by atoms with Crippen molar-refractivity contribution in [1.29, 1.82) is 0 Å². The maximum absolute atomic E-state index is 15.0. The summed E-state index contributed by atoms with van der Waals surface area (Å²) in [6.07, 6.45) is -2.10. The number of fused-ring (bicyclic) bond motifs is 6. The number of benzene rings is 2. The number of nitrogens with one attached hydrogen (secondary N) is 2. The second-order valence-electron chi connectivity index (χ2n) is 22.6. The van der Waals surface area contributed by atoms with Crippen molar-refractivity contribution in [2.75, 3.05) is 54.5 Å². The molecule has 404 valence electrons. The quantitative estimate of drug-likeness (QED) is 0.116. The van der Waals surface area contributed by atoms with E-state index in [1.54, 1.807) is 49.3 Å². The second kappa shape index (κ2) is 22.3. The molecule has 2 fully saturated rings. The summed E-state index contributed by atoms with van der Waals surface area (Å²) >= 11 is 0. The van der Waals surface area contributed by atoms with Gasteiger partial charge in [0.15, 0.2) is 0 Å². The average molecular weight is 1060 g/mol. The fraction of sp³-hybridized carbons (Fsp3) is 0.536. The summed E-state index contributed by atoms with van der Waals surface area (Å²) < 4.78 is 57.5. The molecule has 75 heavy (non-hydrogen) atoms. The van der Waals surface area contributed by atoms with Crippen LogP contribution in [-0.4, -0.2) is 153 Å². The number of carbonyl (C=O) groups excluding carboxylic acids is 5. The van der Waals surface area contributed by atoms with E-state index in [0.29, 0.717) is 70.4 Å². The smallest absolute Gasteiger partial charge is 0.406 e. The highest BCUT2D eigenvalue weighted by molar-refractivity contribution is 6.27. The number of aromatic nitrogens is 2. The Hall–Kier alpha value is -6.07. The zero-order valence-electron chi connectivity index (χ0n) is 45.4. The Bertz CT molecular complexity index is 2890. The van der Waals surface area contributed by atoms with E-state index in [-0.39, 0.29) is 54.6 Å². The van der Waals surface area contributed by atoms with Gasteiger partial charge in [-0.2, -0.15) is 13.2 Å². The molecular formula is C56H73F3N8O7Si. The van der Waals surface area contributed by atoms with Gasteiger partial charge in [-0.15, -0.1) is 0 Å². The predicted molar refractivity (Wildman–Crippen MR) is 285 cm³/mol. The van der Waals surface area contributed by atoms with Gasteiger partial charge >= 0.3 is 12.1 Å². The zero-order valence-corrected chi connectivity index (χ0v) is 47.4. The highest BCUT2D eigenvalue weighted by atomic mass is 28.1. The zero-order chi connectivity index (χ0) is 54.9. The van der Waals surface area contributed by atoms with Crippen molar-refractivity contribution < 1.29 is 46.6 Å². The number of halogens is 3.